The van der Waals surface area contributed by atoms with E-state index in [0.717, 1.165) is 6.42 Å². The Hall–Kier alpha value is -3.22. The summed E-state index contributed by atoms with van der Waals surface area (Å²) in [4.78, 5) is 12.1. The molecule has 2 rings (SSSR count). The third-order valence-electron chi connectivity index (χ3n) is 3.52. The van der Waals surface area contributed by atoms with E-state index in [1.54, 1.807) is 50.6 Å². The predicted molar refractivity (Wildman–Crippen MR) is 101 cm³/mol. The van der Waals surface area contributed by atoms with Crippen molar-refractivity contribution in [1.29, 1.82) is 0 Å². The minimum atomic E-state index is -0.388. The van der Waals surface area contributed by atoms with Crippen LogP contribution < -0.4 is 25.4 Å². The molecule has 1 amide bonds. The summed E-state index contributed by atoms with van der Waals surface area (Å²) in [7, 11) is 3.10. The Balaban J connectivity index is 2.17. The molecule has 0 heterocycles. The van der Waals surface area contributed by atoms with E-state index in [4.69, 9.17) is 19.9 Å². The van der Waals surface area contributed by atoms with Gasteiger partial charge >= 0.3 is 0 Å². The Morgan fingerprint density at radius 1 is 1.19 bits per heavy atom. The van der Waals surface area contributed by atoms with Gasteiger partial charge in [0.25, 0.3) is 5.91 Å². The molecule has 138 valence electrons. The highest BCUT2D eigenvalue weighted by molar-refractivity contribution is 5.99. The molecule has 0 atom stereocenters. The quantitative estimate of drug-likeness (QED) is 0.430. The number of ether oxygens (including phenoxy) is 3. The number of para-hydroxylation sites is 1. The number of carbonyl (C=O) groups is 1. The predicted octanol–water partition coefficient (Wildman–Crippen LogP) is 2.84. The summed E-state index contributed by atoms with van der Waals surface area (Å²) in [5.74, 6) is 1.20. The molecule has 0 aromatic heterocycles. The smallest absolute Gasteiger partial charge is 0.273 e. The number of benzene rings is 2. The minimum Gasteiger partial charge on any atom is -0.493 e. The molecular formula is C19H23N3O4. The average molecular weight is 357 g/mol. The third kappa shape index (κ3) is 4.66. The highest BCUT2D eigenvalue weighted by atomic mass is 16.5. The molecule has 3 N–H and O–H groups in total. The van der Waals surface area contributed by atoms with Crippen LogP contribution in [0.5, 0.6) is 17.2 Å². The Bertz CT molecular complexity index is 765. The lowest BCUT2D eigenvalue weighted by molar-refractivity contribution is 0.0956. The second kappa shape index (κ2) is 9.31. The van der Waals surface area contributed by atoms with Crippen molar-refractivity contribution in [3.05, 3.63) is 47.5 Å². The molecule has 0 aliphatic carbocycles. The maximum Gasteiger partial charge on any atom is 0.273 e. The topological polar surface area (TPSA) is 95.2 Å². The van der Waals surface area contributed by atoms with Gasteiger partial charge in [-0.05, 0) is 30.7 Å². The van der Waals surface area contributed by atoms with Gasteiger partial charge in [0, 0.05) is 11.3 Å². The average Bonchev–Trinajstić information content (AvgIpc) is 2.66. The van der Waals surface area contributed by atoms with Crippen LogP contribution in [0.3, 0.4) is 0 Å². The summed E-state index contributed by atoms with van der Waals surface area (Å²) >= 11 is 0. The number of nitrogens with zero attached hydrogens (tertiary/aromatic N) is 1. The molecule has 0 saturated heterocycles. The molecule has 0 radical (unpaired) electrons. The van der Waals surface area contributed by atoms with Gasteiger partial charge in [0.2, 0.25) is 5.75 Å². The Kier molecular flexibility index (Phi) is 6.84. The molecule has 0 aliphatic rings. The molecular weight excluding hydrogens is 334 g/mol. The number of carbonyl (C=O) groups excluding carboxylic acids is 1. The van der Waals surface area contributed by atoms with Crippen molar-refractivity contribution in [2.24, 2.45) is 5.10 Å². The highest BCUT2D eigenvalue weighted by Crippen LogP contribution is 2.38. The van der Waals surface area contributed by atoms with Crippen LogP contribution in [-0.4, -0.2) is 32.9 Å². The first-order valence-electron chi connectivity index (χ1n) is 8.17. The maximum atomic E-state index is 12.1. The lowest BCUT2D eigenvalue weighted by atomic mass is 10.2. The summed E-state index contributed by atoms with van der Waals surface area (Å²) in [5, 5.41) is 3.97. The number of hydrazone groups is 1. The van der Waals surface area contributed by atoms with E-state index in [1.807, 2.05) is 6.92 Å². The number of nitrogen functional groups attached to an aromatic ring is 1. The number of methoxy groups -OCH3 is 2. The highest BCUT2D eigenvalue weighted by Gasteiger charge is 2.13. The van der Waals surface area contributed by atoms with Crippen molar-refractivity contribution in [1.82, 2.24) is 5.43 Å². The largest absolute Gasteiger partial charge is 0.493 e. The van der Waals surface area contributed by atoms with Gasteiger partial charge in [0.05, 0.1) is 32.6 Å². The van der Waals surface area contributed by atoms with E-state index in [0.29, 0.717) is 40.7 Å². The number of nitrogens with two attached hydrogens (primary N) is 1. The van der Waals surface area contributed by atoms with Gasteiger partial charge in [0.15, 0.2) is 11.5 Å². The van der Waals surface area contributed by atoms with Crippen LogP contribution in [0.2, 0.25) is 0 Å². The van der Waals surface area contributed by atoms with Crippen molar-refractivity contribution in [2.45, 2.75) is 13.3 Å². The number of hydrogen-bond acceptors (Lipinski definition) is 6. The number of nitrogens with one attached hydrogen (secondary N) is 1. The molecule has 7 nitrogen and oxygen atoms in total. The third-order valence-corrected chi connectivity index (χ3v) is 3.52. The molecule has 7 heteroatoms. The van der Waals surface area contributed by atoms with Crippen molar-refractivity contribution in [3.63, 3.8) is 0 Å². The summed E-state index contributed by atoms with van der Waals surface area (Å²) in [6.07, 6.45) is 2.36. The van der Waals surface area contributed by atoms with Gasteiger partial charge in [-0.3, -0.25) is 4.79 Å². The van der Waals surface area contributed by atoms with Crippen molar-refractivity contribution in [3.8, 4) is 17.2 Å². The standard InChI is InChI=1S/C19H23N3O4/c1-4-9-26-18-16(24-2)10-13(11-17(18)25-3)12-21-22-19(23)14-7-5-6-8-15(14)20/h5-8,10-12H,4,9,20H2,1-3H3,(H,22,23)/b21-12-. The first kappa shape index (κ1) is 19.1. The molecule has 2 aromatic carbocycles. The summed E-state index contributed by atoms with van der Waals surface area (Å²) in [6, 6.07) is 10.3. The zero-order valence-corrected chi connectivity index (χ0v) is 15.1. The van der Waals surface area contributed by atoms with Crippen molar-refractivity contribution >= 4 is 17.8 Å². The Morgan fingerprint density at radius 3 is 2.42 bits per heavy atom. The monoisotopic (exact) mass is 357 g/mol. The second-order valence-electron chi connectivity index (χ2n) is 5.39. The van der Waals surface area contributed by atoms with Crippen LogP contribution in [0.25, 0.3) is 0 Å². The molecule has 0 spiro atoms. The summed E-state index contributed by atoms with van der Waals surface area (Å²) in [5.41, 5.74) is 9.66. The fraction of sp³-hybridized carbons (Fsp3) is 0.263. The molecule has 26 heavy (non-hydrogen) atoms. The molecule has 0 unspecified atom stereocenters. The number of rotatable bonds is 8. The number of amides is 1. The van der Waals surface area contributed by atoms with Crippen LogP contribution in [0.4, 0.5) is 5.69 Å². The van der Waals surface area contributed by atoms with E-state index in [2.05, 4.69) is 10.5 Å². The van der Waals surface area contributed by atoms with Crippen molar-refractivity contribution < 1.29 is 19.0 Å². The normalized spacial score (nSPS) is 10.6. The first-order valence-corrected chi connectivity index (χ1v) is 8.17. The summed E-state index contributed by atoms with van der Waals surface area (Å²) < 4.78 is 16.4. The zero-order chi connectivity index (χ0) is 18.9. The van der Waals surface area contributed by atoms with Gasteiger partial charge in [-0.25, -0.2) is 5.43 Å². The molecule has 0 aliphatic heterocycles. The van der Waals surface area contributed by atoms with Crippen LogP contribution in [0, 0.1) is 0 Å². The van der Waals surface area contributed by atoms with Gasteiger partial charge in [-0.2, -0.15) is 5.10 Å². The van der Waals surface area contributed by atoms with E-state index in [9.17, 15) is 4.79 Å². The van der Waals surface area contributed by atoms with Gasteiger partial charge in [-0.1, -0.05) is 19.1 Å². The van der Waals surface area contributed by atoms with Gasteiger partial charge in [-0.15, -0.1) is 0 Å². The van der Waals surface area contributed by atoms with Crippen LogP contribution in [0.15, 0.2) is 41.5 Å². The Morgan fingerprint density at radius 2 is 1.85 bits per heavy atom. The van der Waals surface area contributed by atoms with E-state index < -0.39 is 0 Å². The number of anilines is 1. The van der Waals surface area contributed by atoms with E-state index in [1.165, 1.54) is 6.21 Å². The SMILES string of the molecule is CCCOc1c(OC)cc(/C=N\NC(=O)c2ccccc2N)cc1OC. The van der Waals surface area contributed by atoms with Crippen LogP contribution in [-0.2, 0) is 0 Å². The second-order valence-corrected chi connectivity index (χ2v) is 5.39. The maximum absolute atomic E-state index is 12.1. The molecule has 0 fully saturated rings. The fourth-order valence-electron chi connectivity index (χ4n) is 2.25. The van der Waals surface area contributed by atoms with Crippen molar-refractivity contribution in [2.75, 3.05) is 26.6 Å². The Labute approximate surface area is 152 Å². The lowest BCUT2D eigenvalue weighted by Crippen LogP contribution is -2.19. The van der Waals surface area contributed by atoms with Crippen LogP contribution >= 0.6 is 0 Å². The lowest BCUT2D eigenvalue weighted by Gasteiger charge is -2.14. The molecule has 2 aromatic rings. The van der Waals surface area contributed by atoms with Crippen LogP contribution in [0.1, 0.15) is 29.3 Å². The van der Waals surface area contributed by atoms with Gasteiger partial charge < -0.3 is 19.9 Å². The number of hydrogen-bond donors (Lipinski definition) is 2. The van der Waals surface area contributed by atoms with E-state index in [-0.39, 0.29) is 5.91 Å². The van der Waals surface area contributed by atoms with Gasteiger partial charge in [0.1, 0.15) is 0 Å². The molecule has 0 bridgehead atoms. The fourth-order valence-corrected chi connectivity index (χ4v) is 2.25. The minimum absolute atomic E-state index is 0.364. The first-order chi connectivity index (χ1) is 12.6. The summed E-state index contributed by atoms with van der Waals surface area (Å²) in [6.45, 7) is 2.57. The zero-order valence-electron chi connectivity index (χ0n) is 15.1. The van der Waals surface area contributed by atoms with E-state index >= 15 is 0 Å². The molecule has 0 saturated carbocycles.